The number of benzene rings is 2. The fourth-order valence-electron chi connectivity index (χ4n) is 6.96. The monoisotopic (exact) mass is 663 g/mol. The number of hydrogen-bond donors (Lipinski definition) is 2. The normalized spacial score (nSPS) is 19.0. The first-order valence-corrected chi connectivity index (χ1v) is 17.8. The lowest BCUT2D eigenvalue weighted by Gasteiger charge is -2.41. The van der Waals surface area contributed by atoms with E-state index in [4.69, 9.17) is 14.2 Å². The summed E-state index contributed by atoms with van der Waals surface area (Å²) >= 11 is 0. The zero-order valence-corrected chi connectivity index (χ0v) is 30.1. The summed E-state index contributed by atoms with van der Waals surface area (Å²) in [5, 5.41) is 6.53. The van der Waals surface area contributed by atoms with E-state index in [0.29, 0.717) is 25.5 Å². The molecule has 1 unspecified atom stereocenters. The lowest BCUT2D eigenvalue weighted by Crippen LogP contribution is -2.54. The minimum absolute atomic E-state index is 0.0516. The molecule has 3 amide bonds. The Hall–Kier alpha value is -3.59. The van der Waals surface area contributed by atoms with Crippen LogP contribution in [0.25, 0.3) is 0 Å². The maximum Gasteiger partial charge on any atom is 0.410 e. The van der Waals surface area contributed by atoms with Gasteiger partial charge in [0.1, 0.15) is 17.1 Å². The number of methoxy groups -OCH3 is 1. The molecule has 3 atom stereocenters. The fourth-order valence-corrected chi connectivity index (χ4v) is 6.96. The molecule has 2 aliphatic heterocycles. The standard InChI is InChI=1S/C39H57N3O6/c1-8-30(20-19-27(2)3)41-36(44)29-23-28(24-42(25-29)37(45)48-38(4,5)6)35(43)40-26-39(21-13-14-22-46-7)31-15-9-11-17-33(31)47-34-18-12-10-16-32(34)39/h9-12,15-18,27-30H,8,13-14,19-26H2,1-7H3,(H,40,43)(H,41,44)/t28-,29+,30?/m0/s1. The van der Waals surface area contributed by atoms with E-state index in [1.165, 1.54) is 4.90 Å². The number of amides is 3. The number of carbonyl (C=O) groups is 3. The van der Waals surface area contributed by atoms with Gasteiger partial charge in [0.25, 0.3) is 0 Å². The van der Waals surface area contributed by atoms with Gasteiger partial charge in [-0.1, -0.05) is 57.2 Å². The van der Waals surface area contributed by atoms with Gasteiger partial charge in [-0.15, -0.1) is 0 Å². The molecule has 2 N–H and O–H groups in total. The highest BCUT2D eigenvalue weighted by molar-refractivity contribution is 5.84. The van der Waals surface area contributed by atoms with Gasteiger partial charge >= 0.3 is 6.09 Å². The molecule has 264 valence electrons. The van der Waals surface area contributed by atoms with Crippen molar-refractivity contribution in [1.29, 1.82) is 0 Å². The summed E-state index contributed by atoms with van der Waals surface area (Å²) in [6, 6.07) is 16.1. The third kappa shape index (κ3) is 9.52. The lowest BCUT2D eigenvalue weighted by atomic mass is 9.69. The van der Waals surface area contributed by atoms with Crippen LogP contribution in [0, 0.1) is 17.8 Å². The van der Waals surface area contributed by atoms with Crippen molar-refractivity contribution in [1.82, 2.24) is 15.5 Å². The molecule has 0 aliphatic carbocycles. The van der Waals surface area contributed by atoms with Crippen LogP contribution < -0.4 is 15.4 Å². The molecule has 0 saturated carbocycles. The van der Waals surface area contributed by atoms with Gasteiger partial charge < -0.3 is 29.7 Å². The quantitative estimate of drug-likeness (QED) is 0.207. The number of ether oxygens (including phenoxy) is 3. The van der Waals surface area contributed by atoms with Gasteiger partial charge in [-0.2, -0.15) is 0 Å². The second-order valence-electron chi connectivity index (χ2n) is 14.9. The average Bonchev–Trinajstić information content (AvgIpc) is 3.06. The molecule has 0 spiro atoms. The summed E-state index contributed by atoms with van der Waals surface area (Å²) < 4.78 is 17.4. The van der Waals surface area contributed by atoms with Crippen molar-refractivity contribution in [2.75, 3.05) is 33.4 Å². The van der Waals surface area contributed by atoms with Gasteiger partial charge in [-0.25, -0.2) is 4.79 Å². The van der Waals surface area contributed by atoms with E-state index in [2.05, 4.69) is 43.5 Å². The van der Waals surface area contributed by atoms with Gasteiger partial charge in [-0.3, -0.25) is 9.59 Å². The van der Waals surface area contributed by atoms with Crippen LogP contribution in [0.2, 0.25) is 0 Å². The van der Waals surface area contributed by atoms with Crippen molar-refractivity contribution >= 4 is 17.9 Å². The van der Waals surface area contributed by atoms with E-state index in [9.17, 15) is 14.4 Å². The highest BCUT2D eigenvalue weighted by Crippen LogP contribution is 2.50. The Kier molecular flexibility index (Phi) is 12.9. The Morgan fingerprint density at radius 3 is 2.10 bits per heavy atom. The number of nitrogens with zero attached hydrogens (tertiary/aromatic N) is 1. The van der Waals surface area contributed by atoms with Gasteiger partial charge in [0, 0.05) is 55.9 Å². The molecule has 0 radical (unpaired) electrons. The van der Waals surface area contributed by atoms with Gasteiger partial charge in [0.05, 0.1) is 11.8 Å². The number of fused-ring (bicyclic) bond motifs is 2. The van der Waals surface area contributed by atoms with E-state index in [-0.39, 0.29) is 30.9 Å². The minimum atomic E-state index is -0.701. The molecule has 2 heterocycles. The first-order valence-electron chi connectivity index (χ1n) is 17.8. The first-order chi connectivity index (χ1) is 22.9. The van der Waals surface area contributed by atoms with E-state index in [1.807, 2.05) is 57.2 Å². The summed E-state index contributed by atoms with van der Waals surface area (Å²) in [4.78, 5) is 42.7. The van der Waals surface area contributed by atoms with Gasteiger partial charge in [0.2, 0.25) is 11.8 Å². The number of carbonyl (C=O) groups excluding carboxylic acids is 3. The molecule has 1 fully saturated rings. The van der Waals surface area contributed by atoms with Crippen molar-refractivity contribution in [2.24, 2.45) is 17.8 Å². The molecule has 2 aromatic rings. The van der Waals surface area contributed by atoms with Crippen molar-refractivity contribution in [3.8, 4) is 11.5 Å². The predicted molar refractivity (Wildman–Crippen MR) is 188 cm³/mol. The van der Waals surface area contributed by atoms with Crippen molar-refractivity contribution in [2.45, 2.75) is 104 Å². The number of piperidine rings is 1. The summed E-state index contributed by atoms with van der Waals surface area (Å²) in [7, 11) is 1.71. The Balaban J connectivity index is 1.59. The van der Waals surface area contributed by atoms with E-state index < -0.39 is 28.9 Å². The third-order valence-electron chi connectivity index (χ3n) is 9.57. The van der Waals surface area contributed by atoms with Crippen LogP contribution in [0.15, 0.2) is 48.5 Å². The lowest BCUT2D eigenvalue weighted by molar-refractivity contribution is -0.132. The Morgan fingerprint density at radius 1 is 0.938 bits per heavy atom. The molecule has 2 aliphatic rings. The second-order valence-corrected chi connectivity index (χ2v) is 14.9. The molecular weight excluding hydrogens is 606 g/mol. The van der Waals surface area contributed by atoms with Crippen LogP contribution in [0.4, 0.5) is 4.79 Å². The molecule has 0 aromatic heterocycles. The van der Waals surface area contributed by atoms with Crippen LogP contribution in [0.3, 0.4) is 0 Å². The molecule has 2 aromatic carbocycles. The van der Waals surface area contributed by atoms with Crippen LogP contribution in [0.1, 0.15) is 97.6 Å². The molecule has 0 bridgehead atoms. The van der Waals surface area contributed by atoms with Gasteiger partial charge in [-0.05, 0) is 83.8 Å². The molecule has 1 saturated heterocycles. The number of likely N-dealkylation sites (tertiary alicyclic amines) is 1. The first kappa shape index (κ1) is 37.2. The summed E-state index contributed by atoms with van der Waals surface area (Å²) in [5.41, 5.74) is 0.831. The third-order valence-corrected chi connectivity index (χ3v) is 9.57. The van der Waals surface area contributed by atoms with Crippen LogP contribution in [-0.4, -0.2) is 67.8 Å². The molecule has 48 heavy (non-hydrogen) atoms. The SMILES string of the molecule is CCC(CCC(C)C)NC(=O)[C@@H]1C[C@H](C(=O)NCC2(CCCCOC)c3ccccc3Oc3ccccc32)CN(C(=O)OC(C)(C)C)C1. The maximum absolute atomic E-state index is 14.2. The highest BCUT2D eigenvalue weighted by Gasteiger charge is 2.44. The minimum Gasteiger partial charge on any atom is -0.457 e. The van der Waals surface area contributed by atoms with Crippen LogP contribution in [-0.2, 0) is 24.5 Å². The number of hydrogen-bond acceptors (Lipinski definition) is 6. The summed E-state index contributed by atoms with van der Waals surface area (Å²) in [5.74, 6) is 0.719. The number of nitrogens with one attached hydrogen (secondary N) is 2. The highest BCUT2D eigenvalue weighted by atomic mass is 16.6. The second kappa shape index (κ2) is 16.7. The maximum atomic E-state index is 14.2. The number of rotatable bonds is 14. The van der Waals surface area contributed by atoms with Crippen molar-refractivity contribution in [3.05, 3.63) is 59.7 Å². The molecule has 9 heteroatoms. The zero-order chi connectivity index (χ0) is 34.9. The summed E-state index contributed by atoms with van der Waals surface area (Å²) in [6.45, 7) is 13.3. The van der Waals surface area contributed by atoms with Crippen LogP contribution in [0.5, 0.6) is 11.5 Å². The zero-order valence-electron chi connectivity index (χ0n) is 30.1. The molecular formula is C39H57N3O6. The Morgan fingerprint density at radius 2 is 1.54 bits per heavy atom. The van der Waals surface area contributed by atoms with E-state index >= 15 is 0 Å². The Bertz CT molecular complexity index is 1340. The fraction of sp³-hybridized carbons (Fsp3) is 0.615. The molecule has 9 nitrogen and oxygen atoms in total. The Labute approximate surface area is 287 Å². The van der Waals surface area contributed by atoms with Crippen molar-refractivity contribution in [3.63, 3.8) is 0 Å². The average molecular weight is 664 g/mol. The molecule has 4 rings (SSSR count). The van der Waals surface area contributed by atoms with E-state index in [0.717, 1.165) is 61.2 Å². The van der Waals surface area contributed by atoms with E-state index in [1.54, 1.807) is 7.11 Å². The number of unbranched alkanes of at least 4 members (excludes halogenated alkanes) is 1. The predicted octanol–water partition coefficient (Wildman–Crippen LogP) is 7.22. The van der Waals surface area contributed by atoms with Crippen LogP contribution >= 0.6 is 0 Å². The topological polar surface area (TPSA) is 106 Å². The van der Waals surface area contributed by atoms with Gasteiger partial charge in [0.15, 0.2) is 0 Å². The largest absolute Gasteiger partial charge is 0.457 e. The van der Waals surface area contributed by atoms with Crippen molar-refractivity contribution < 1.29 is 28.6 Å². The summed E-state index contributed by atoms with van der Waals surface area (Å²) in [6.07, 6.45) is 5.14. The number of para-hydroxylation sites is 2. The smallest absolute Gasteiger partial charge is 0.410 e.